The third kappa shape index (κ3) is 5.47. The summed E-state index contributed by atoms with van der Waals surface area (Å²) in [6, 6.07) is 12.9. The fourth-order valence-corrected chi connectivity index (χ4v) is 5.13. The number of nitro benzene ring substituents is 1. The molecule has 1 fully saturated rings. The average Bonchev–Trinajstić information content (AvgIpc) is 3.19. The molecule has 0 amide bonds. The molecule has 1 heterocycles. The van der Waals surface area contributed by atoms with E-state index in [0.717, 1.165) is 40.5 Å². The maximum Gasteiger partial charge on any atom is 0.269 e. The number of nitrogens with zero attached hydrogens (tertiary/aromatic N) is 4. The molecular weight excluding hydrogens is 432 g/mol. The van der Waals surface area contributed by atoms with E-state index in [1.54, 1.807) is 24.3 Å². The van der Waals surface area contributed by atoms with Gasteiger partial charge in [-0.2, -0.15) is 5.10 Å². The first kappa shape index (κ1) is 23.1. The Bertz CT molecular complexity index is 1230. The molecule has 4 rings (SSSR count). The monoisotopic (exact) mass is 462 g/mol. The summed E-state index contributed by atoms with van der Waals surface area (Å²) in [6.07, 6.45) is 6.92. The van der Waals surface area contributed by atoms with E-state index in [9.17, 15) is 10.1 Å². The highest BCUT2D eigenvalue weighted by molar-refractivity contribution is 7.07. The fourth-order valence-electron chi connectivity index (χ4n) is 4.28. The van der Waals surface area contributed by atoms with Crippen molar-refractivity contribution in [2.75, 3.05) is 0 Å². The van der Waals surface area contributed by atoms with Crippen LogP contribution in [-0.4, -0.2) is 15.3 Å². The third-order valence-electron chi connectivity index (χ3n) is 6.40. The van der Waals surface area contributed by atoms with Crippen LogP contribution in [0.1, 0.15) is 56.6 Å². The highest BCUT2D eigenvalue weighted by atomic mass is 32.1. The normalized spacial score (nSPS) is 16.8. The number of hydrogen-bond donors (Lipinski definition) is 0. The lowest BCUT2D eigenvalue weighted by Crippen LogP contribution is -2.18. The highest BCUT2D eigenvalue weighted by Gasteiger charge is 2.18. The third-order valence-corrected chi connectivity index (χ3v) is 7.21. The summed E-state index contributed by atoms with van der Waals surface area (Å²) in [5.41, 5.74) is 6.42. The molecule has 172 valence electrons. The van der Waals surface area contributed by atoms with Crippen LogP contribution in [-0.2, 0) is 0 Å². The molecule has 0 radical (unpaired) electrons. The Balaban J connectivity index is 1.76. The molecule has 2 aromatic carbocycles. The predicted molar refractivity (Wildman–Crippen MR) is 135 cm³/mol. The highest BCUT2D eigenvalue weighted by Crippen LogP contribution is 2.28. The number of non-ortho nitro benzene ring substituents is 1. The number of benzene rings is 2. The lowest BCUT2D eigenvalue weighted by molar-refractivity contribution is -0.384. The molecule has 0 bridgehead atoms. The Kier molecular flexibility index (Phi) is 7.18. The van der Waals surface area contributed by atoms with E-state index in [-0.39, 0.29) is 10.6 Å². The minimum absolute atomic E-state index is 0.0844. The molecule has 3 aromatic rings. The number of rotatable bonds is 6. The molecule has 0 atom stereocenters. The summed E-state index contributed by atoms with van der Waals surface area (Å²) in [5, 5.41) is 18.2. The van der Waals surface area contributed by atoms with Crippen LogP contribution in [0.3, 0.4) is 0 Å². The summed E-state index contributed by atoms with van der Waals surface area (Å²) in [6.45, 7) is 6.44. The van der Waals surface area contributed by atoms with E-state index in [0.29, 0.717) is 0 Å². The smallest absolute Gasteiger partial charge is 0.258 e. The van der Waals surface area contributed by atoms with Crippen molar-refractivity contribution < 1.29 is 4.92 Å². The van der Waals surface area contributed by atoms with E-state index in [1.165, 1.54) is 53.9 Å². The summed E-state index contributed by atoms with van der Waals surface area (Å²) < 4.78 is 1.93. The van der Waals surface area contributed by atoms with E-state index in [2.05, 4.69) is 32.9 Å². The second-order valence-electron chi connectivity index (χ2n) is 8.80. The topological polar surface area (TPSA) is 72.8 Å². The van der Waals surface area contributed by atoms with Gasteiger partial charge in [0.2, 0.25) is 4.80 Å². The van der Waals surface area contributed by atoms with Crippen molar-refractivity contribution in [2.24, 2.45) is 16.0 Å². The fraction of sp³-hybridized carbons (Fsp3) is 0.385. The van der Waals surface area contributed by atoms with Crippen molar-refractivity contribution in [3.05, 3.63) is 73.9 Å². The van der Waals surface area contributed by atoms with Gasteiger partial charge < -0.3 is 0 Å². The van der Waals surface area contributed by atoms with E-state index >= 15 is 0 Å². The van der Waals surface area contributed by atoms with Crippen LogP contribution in [0.15, 0.2) is 57.9 Å². The zero-order valence-electron chi connectivity index (χ0n) is 19.5. The van der Waals surface area contributed by atoms with Gasteiger partial charge in [-0.1, -0.05) is 25.8 Å². The van der Waals surface area contributed by atoms with Crippen molar-refractivity contribution in [1.29, 1.82) is 0 Å². The van der Waals surface area contributed by atoms with Crippen LogP contribution < -0.4 is 4.80 Å². The minimum Gasteiger partial charge on any atom is -0.258 e. The first-order valence-electron chi connectivity index (χ1n) is 11.6. The first-order chi connectivity index (χ1) is 15.9. The van der Waals surface area contributed by atoms with Gasteiger partial charge in [-0.05, 0) is 80.8 Å². The van der Waals surface area contributed by atoms with Crippen LogP contribution in [0, 0.1) is 29.9 Å². The molecule has 7 heteroatoms. The summed E-state index contributed by atoms with van der Waals surface area (Å²) in [4.78, 5) is 16.4. The molecule has 0 aliphatic heterocycles. The van der Waals surface area contributed by atoms with Gasteiger partial charge in [0.15, 0.2) is 0 Å². The molecule has 1 aromatic heterocycles. The zero-order chi connectivity index (χ0) is 23.4. The Morgan fingerprint density at radius 2 is 1.82 bits per heavy atom. The largest absolute Gasteiger partial charge is 0.269 e. The SMILES string of the molecule is CCCC1CCC(=Nn2c(-c3ccc([N+](=O)[O-])cc3)csc2=Nc2ccc(C)c(C)c2)CC1. The second-order valence-corrected chi connectivity index (χ2v) is 9.63. The van der Waals surface area contributed by atoms with Crippen molar-refractivity contribution in [3.63, 3.8) is 0 Å². The maximum absolute atomic E-state index is 11.1. The van der Waals surface area contributed by atoms with Crippen LogP contribution in [0.2, 0.25) is 0 Å². The van der Waals surface area contributed by atoms with Gasteiger partial charge in [0.1, 0.15) is 0 Å². The number of thiazole rings is 1. The van der Waals surface area contributed by atoms with Gasteiger partial charge in [0.05, 0.1) is 16.3 Å². The number of aromatic nitrogens is 1. The standard InChI is InChI=1S/C26H30N4O2S/c1-4-5-20-7-12-22(13-8-20)28-29-25(21-9-14-24(15-10-21)30(31)32)17-33-26(29)27-23-11-6-18(2)19(3)16-23/h6,9-11,14-17,20H,4-5,7-8,12-13H2,1-3H3. The van der Waals surface area contributed by atoms with E-state index < -0.39 is 0 Å². The van der Waals surface area contributed by atoms with Crippen LogP contribution >= 0.6 is 11.3 Å². The van der Waals surface area contributed by atoms with Crippen LogP contribution in [0.5, 0.6) is 0 Å². The average molecular weight is 463 g/mol. The Morgan fingerprint density at radius 1 is 1.09 bits per heavy atom. The summed E-state index contributed by atoms with van der Waals surface area (Å²) >= 11 is 1.54. The van der Waals surface area contributed by atoms with Crippen LogP contribution in [0.4, 0.5) is 11.4 Å². The predicted octanol–water partition coefficient (Wildman–Crippen LogP) is 7.17. The van der Waals surface area contributed by atoms with Crippen molar-refractivity contribution in [3.8, 4) is 11.3 Å². The Hall–Kier alpha value is -3.06. The minimum atomic E-state index is -0.374. The molecule has 0 N–H and O–H groups in total. The molecule has 0 saturated heterocycles. The molecule has 0 unspecified atom stereocenters. The van der Waals surface area contributed by atoms with Crippen molar-refractivity contribution >= 4 is 28.4 Å². The van der Waals surface area contributed by atoms with Gasteiger partial charge in [-0.15, -0.1) is 11.3 Å². The molecule has 0 spiro atoms. The molecule has 6 nitrogen and oxygen atoms in total. The van der Waals surface area contributed by atoms with Crippen LogP contribution in [0.25, 0.3) is 11.3 Å². The van der Waals surface area contributed by atoms with Crippen molar-refractivity contribution in [2.45, 2.75) is 59.3 Å². The maximum atomic E-state index is 11.1. The number of hydrogen-bond acceptors (Lipinski definition) is 5. The van der Waals surface area contributed by atoms with Gasteiger partial charge in [0, 0.05) is 28.8 Å². The van der Waals surface area contributed by atoms with Gasteiger partial charge in [0.25, 0.3) is 5.69 Å². The summed E-state index contributed by atoms with van der Waals surface area (Å²) in [5.74, 6) is 0.801. The molecular formula is C26H30N4O2S. The Labute approximate surface area is 198 Å². The lowest BCUT2D eigenvalue weighted by atomic mass is 9.85. The van der Waals surface area contributed by atoms with Crippen molar-refractivity contribution in [1.82, 2.24) is 4.68 Å². The van der Waals surface area contributed by atoms with E-state index in [1.807, 2.05) is 16.1 Å². The van der Waals surface area contributed by atoms with Gasteiger partial charge in [-0.3, -0.25) is 10.1 Å². The summed E-state index contributed by atoms with van der Waals surface area (Å²) in [7, 11) is 0. The molecule has 33 heavy (non-hydrogen) atoms. The zero-order valence-corrected chi connectivity index (χ0v) is 20.3. The lowest BCUT2D eigenvalue weighted by Gasteiger charge is -2.22. The molecule has 1 aliphatic carbocycles. The van der Waals surface area contributed by atoms with Gasteiger partial charge >= 0.3 is 0 Å². The number of nitro groups is 1. The number of aryl methyl sites for hydroxylation is 2. The quantitative estimate of drug-likeness (QED) is 0.288. The molecule has 1 aliphatic rings. The second kappa shape index (κ2) is 10.3. The first-order valence-corrected chi connectivity index (χ1v) is 12.5. The molecule has 1 saturated carbocycles. The van der Waals surface area contributed by atoms with Gasteiger partial charge in [-0.25, -0.2) is 9.67 Å². The van der Waals surface area contributed by atoms with E-state index in [4.69, 9.17) is 10.1 Å². The Morgan fingerprint density at radius 3 is 2.45 bits per heavy atom.